The highest BCUT2D eigenvalue weighted by molar-refractivity contribution is 7.78. The van der Waals surface area contributed by atoms with Crippen LogP contribution in [0.1, 0.15) is 5.56 Å². The minimum atomic E-state index is -1.77. The van der Waals surface area contributed by atoms with Crippen LogP contribution in [0.25, 0.3) is 0 Å². The van der Waals surface area contributed by atoms with E-state index in [2.05, 4.69) is 4.90 Å². The molecule has 0 aliphatic carbocycles. The Balaban J connectivity index is 2.11. The van der Waals surface area contributed by atoms with Gasteiger partial charge < -0.3 is 14.2 Å². The molecule has 1 aromatic rings. The van der Waals surface area contributed by atoms with E-state index >= 15 is 0 Å². The van der Waals surface area contributed by atoms with Crippen molar-refractivity contribution in [3.8, 4) is 0 Å². The molecule has 5 heteroatoms. The van der Waals surface area contributed by atoms with Gasteiger partial charge in [-0.3, -0.25) is 0 Å². The van der Waals surface area contributed by atoms with E-state index in [1.54, 1.807) is 0 Å². The summed E-state index contributed by atoms with van der Waals surface area (Å²) < 4.78 is 24.9. The van der Waals surface area contributed by atoms with Crippen LogP contribution in [0.5, 0.6) is 0 Å². The van der Waals surface area contributed by atoms with Crippen LogP contribution in [0.2, 0.25) is 0 Å². The van der Waals surface area contributed by atoms with Gasteiger partial charge in [0.2, 0.25) is 0 Å². The van der Waals surface area contributed by atoms with Crippen molar-refractivity contribution >= 4 is 16.8 Å². The second kappa shape index (κ2) is 5.43. The molecule has 1 aliphatic rings. The van der Waals surface area contributed by atoms with Crippen molar-refractivity contribution in [2.45, 2.75) is 5.75 Å². The molecule has 1 unspecified atom stereocenters. The minimum Gasteiger partial charge on any atom is -0.378 e. The van der Waals surface area contributed by atoms with Gasteiger partial charge in [-0.25, -0.2) is 4.21 Å². The smallest absolute Gasteiger partial charge is 0.157 e. The van der Waals surface area contributed by atoms with Gasteiger partial charge in [-0.2, -0.15) is 0 Å². The number of anilines is 1. The summed E-state index contributed by atoms with van der Waals surface area (Å²) in [5.74, 6) is 0.193. The first-order valence-electron chi connectivity index (χ1n) is 5.25. The number of benzene rings is 1. The summed E-state index contributed by atoms with van der Waals surface area (Å²) in [6.45, 7) is 3.25. The lowest BCUT2D eigenvalue weighted by atomic mass is 10.2. The van der Waals surface area contributed by atoms with E-state index in [1.165, 1.54) is 0 Å². The van der Waals surface area contributed by atoms with Crippen LogP contribution in [0.15, 0.2) is 24.3 Å². The predicted molar refractivity (Wildman–Crippen MR) is 63.9 cm³/mol. The molecular formula is C11H15NO3S. The average molecular weight is 241 g/mol. The van der Waals surface area contributed by atoms with E-state index in [1.807, 2.05) is 24.3 Å². The molecule has 1 aliphatic heterocycles. The maximum Gasteiger partial charge on any atom is 0.157 e. The Morgan fingerprint density at radius 1 is 1.38 bits per heavy atom. The molecule has 1 heterocycles. The van der Waals surface area contributed by atoms with Crippen LogP contribution in [-0.4, -0.2) is 35.1 Å². The van der Waals surface area contributed by atoms with E-state index in [0.717, 1.165) is 37.6 Å². The Hall–Kier alpha value is -0.910. The fourth-order valence-corrected chi connectivity index (χ4v) is 2.27. The number of hydrogen-bond acceptors (Lipinski definition) is 3. The summed E-state index contributed by atoms with van der Waals surface area (Å²) in [5, 5.41) is 0. The summed E-state index contributed by atoms with van der Waals surface area (Å²) in [6, 6.07) is 7.79. The van der Waals surface area contributed by atoms with Crippen molar-refractivity contribution in [3.05, 3.63) is 29.8 Å². The second-order valence-corrected chi connectivity index (χ2v) is 4.67. The fourth-order valence-electron chi connectivity index (χ4n) is 1.81. The van der Waals surface area contributed by atoms with Crippen LogP contribution >= 0.6 is 0 Å². The van der Waals surface area contributed by atoms with Gasteiger partial charge in [0, 0.05) is 18.8 Å². The van der Waals surface area contributed by atoms with Crippen LogP contribution in [0, 0.1) is 0 Å². The van der Waals surface area contributed by atoms with E-state index in [9.17, 15) is 4.21 Å². The maximum atomic E-state index is 10.7. The molecule has 1 aromatic carbocycles. The summed E-state index contributed by atoms with van der Waals surface area (Å²) >= 11 is -1.77. The van der Waals surface area contributed by atoms with Gasteiger partial charge in [-0.05, 0) is 17.7 Å². The third-order valence-electron chi connectivity index (χ3n) is 2.58. The third kappa shape index (κ3) is 3.04. The van der Waals surface area contributed by atoms with Gasteiger partial charge >= 0.3 is 0 Å². The number of rotatable bonds is 3. The number of nitrogens with zero attached hydrogens (tertiary/aromatic N) is 1. The molecule has 1 saturated heterocycles. The lowest BCUT2D eigenvalue weighted by Crippen LogP contribution is -2.36. The summed E-state index contributed by atoms with van der Waals surface area (Å²) in [5.41, 5.74) is 2.00. The van der Waals surface area contributed by atoms with Crippen molar-refractivity contribution in [2.24, 2.45) is 0 Å². The van der Waals surface area contributed by atoms with Crippen LogP contribution in [0.4, 0.5) is 5.69 Å². The second-order valence-electron chi connectivity index (χ2n) is 3.74. The number of hydrogen-bond donors (Lipinski definition) is 1. The fraction of sp³-hybridized carbons (Fsp3) is 0.455. The highest BCUT2D eigenvalue weighted by atomic mass is 32.2. The highest BCUT2D eigenvalue weighted by Gasteiger charge is 2.11. The van der Waals surface area contributed by atoms with Crippen molar-refractivity contribution in [1.29, 1.82) is 0 Å². The van der Waals surface area contributed by atoms with Crippen molar-refractivity contribution in [2.75, 3.05) is 31.2 Å². The first-order chi connectivity index (χ1) is 7.75. The van der Waals surface area contributed by atoms with E-state index in [4.69, 9.17) is 9.29 Å². The van der Waals surface area contributed by atoms with Gasteiger partial charge in [-0.15, -0.1) is 0 Å². The predicted octanol–water partition coefficient (Wildman–Crippen LogP) is 1.24. The van der Waals surface area contributed by atoms with Crippen LogP contribution in [0.3, 0.4) is 0 Å². The first kappa shape index (κ1) is 11.6. The van der Waals surface area contributed by atoms with Crippen molar-refractivity contribution in [1.82, 2.24) is 0 Å². The SMILES string of the molecule is O=S(O)Cc1cccc(N2CCOCC2)c1. The molecule has 0 radical (unpaired) electrons. The van der Waals surface area contributed by atoms with Crippen molar-refractivity contribution in [3.63, 3.8) is 0 Å². The molecule has 0 bridgehead atoms. The number of ether oxygens (including phenoxy) is 1. The van der Waals surface area contributed by atoms with Gasteiger partial charge in [0.05, 0.1) is 19.0 Å². The topological polar surface area (TPSA) is 49.8 Å². The Bertz CT molecular complexity index is 377. The van der Waals surface area contributed by atoms with E-state index in [0.29, 0.717) is 0 Å². The molecule has 1 atom stereocenters. The summed E-state index contributed by atoms with van der Waals surface area (Å²) in [4.78, 5) is 2.23. The molecule has 1 N–H and O–H groups in total. The molecule has 1 fully saturated rings. The average Bonchev–Trinajstić information content (AvgIpc) is 2.30. The zero-order valence-corrected chi connectivity index (χ0v) is 9.78. The van der Waals surface area contributed by atoms with Gasteiger partial charge in [0.25, 0.3) is 0 Å². The molecule has 16 heavy (non-hydrogen) atoms. The largest absolute Gasteiger partial charge is 0.378 e. The molecule has 0 saturated carbocycles. The van der Waals surface area contributed by atoms with Gasteiger partial charge in [0.1, 0.15) is 0 Å². The van der Waals surface area contributed by atoms with Crippen LogP contribution in [-0.2, 0) is 21.6 Å². The molecule has 88 valence electrons. The molecule has 0 aromatic heterocycles. The highest BCUT2D eigenvalue weighted by Crippen LogP contribution is 2.18. The van der Waals surface area contributed by atoms with E-state index in [-0.39, 0.29) is 5.75 Å². The lowest BCUT2D eigenvalue weighted by molar-refractivity contribution is 0.122. The Labute approximate surface area is 97.5 Å². The molecule has 0 amide bonds. The summed E-state index contributed by atoms with van der Waals surface area (Å²) in [7, 11) is 0. The monoisotopic (exact) mass is 241 g/mol. The zero-order valence-electron chi connectivity index (χ0n) is 8.96. The van der Waals surface area contributed by atoms with Gasteiger partial charge in [-0.1, -0.05) is 12.1 Å². The zero-order chi connectivity index (χ0) is 11.4. The maximum absolute atomic E-state index is 10.7. The number of morpholine rings is 1. The van der Waals surface area contributed by atoms with Crippen LogP contribution < -0.4 is 4.90 Å². The minimum absolute atomic E-state index is 0.193. The normalized spacial score (nSPS) is 18.4. The van der Waals surface area contributed by atoms with E-state index < -0.39 is 11.1 Å². The quantitative estimate of drug-likeness (QED) is 0.809. The Kier molecular flexibility index (Phi) is 3.93. The molecule has 4 nitrogen and oxygen atoms in total. The summed E-state index contributed by atoms with van der Waals surface area (Å²) in [6.07, 6.45) is 0. The molecule has 0 spiro atoms. The molecular weight excluding hydrogens is 226 g/mol. The standard InChI is InChI=1S/C11H15NO3S/c13-16(14)9-10-2-1-3-11(8-10)12-4-6-15-7-5-12/h1-3,8H,4-7,9H2,(H,13,14). The lowest BCUT2D eigenvalue weighted by Gasteiger charge is -2.29. The Morgan fingerprint density at radius 2 is 2.12 bits per heavy atom. The third-order valence-corrected chi connectivity index (χ3v) is 3.16. The van der Waals surface area contributed by atoms with Gasteiger partial charge in [0.15, 0.2) is 11.1 Å². The Morgan fingerprint density at radius 3 is 2.81 bits per heavy atom. The van der Waals surface area contributed by atoms with Crippen molar-refractivity contribution < 1.29 is 13.5 Å². The first-order valence-corrected chi connectivity index (χ1v) is 6.52. The molecule has 2 rings (SSSR count).